The van der Waals surface area contributed by atoms with Crippen LogP contribution < -0.4 is 9.47 Å². The first-order chi connectivity index (χ1) is 15.8. The summed E-state index contributed by atoms with van der Waals surface area (Å²) in [5.74, 6) is 0.289. The summed E-state index contributed by atoms with van der Waals surface area (Å²) in [6.07, 6.45) is 0.690. The SMILES string of the molecule is CCCN1C(=O)C(=O)/C(=C(/O)c2ccc(OCC)c(C)c2)C1c1cccc(OCC(C)C)c1. The minimum atomic E-state index is -0.681. The third kappa shape index (κ3) is 5.21. The van der Waals surface area contributed by atoms with Crippen molar-refractivity contribution in [3.05, 3.63) is 64.7 Å². The highest BCUT2D eigenvalue weighted by atomic mass is 16.5. The molecule has 0 aliphatic carbocycles. The van der Waals surface area contributed by atoms with Crippen LogP contribution in [0.25, 0.3) is 5.76 Å². The molecule has 1 aliphatic rings. The molecule has 2 aromatic carbocycles. The van der Waals surface area contributed by atoms with Crippen molar-refractivity contribution in [1.82, 2.24) is 4.90 Å². The number of rotatable bonds is 9. The molecule has 0 spiro atoms. The number of aliphatic hydroxyl groups is 1. The van der Waals surface area contributed by atoms with E-state index in [1.54, 1.807) is 18.2 Å². The van der Waals surface area contributed by atoms with E-state index in [-0.39, 0.29) is 11.3 Å². The van der Waals surface area contributed by atoms with Gasteiger partial charge in [-0.15, -0.1) is 0 Å². The zero-order chi connectivity index (χ0) is 24.1. The Morgan fingerprint density at radius 1 is 1.09 bits per heavy atom. The summed E-state index contributed by atoms with van der Waals surface area (Å²) in [5.41, 5.74) is 2.14. The van der Waals surface area contributed by atoms with Gasteiger partial charge in [0.05, 0.1) is 24.8 Å². The molecule has 1 N–H and O–H groups in total. The van der Waals surface area contributed by atoms with Crippen LogP contribution in [0.2, 0.25) is 0 Å². The topological polar surface area (TPSA) is 76.1 Å². The first-order valence-corrected chi connectivity index (χ1v) is 11.5. The quantitative estimate of drug-likeness (QED) is 0.320. The molecule has 3 rings (SSSR count). The fraction of sp³-hybridized carbons (Fsp3) is 0.407. The van der Waals surface area contributed by atoms with Gasteiger partial charge in [0, 0.05) is 12.1 Å². The fourth-order valence-electron chi connectivity index (χ4n) is 4.01. The Kier molecular flexibility index (Phi) is 7.79. The predicted octanol–water partition coefficient (Wildman–Crippen LogP) is 5.26. The molecular weight excluding hydrogens is 418 g/mol. The van der Waals surface area contributed by atoms with Crippen LogP contribution in [0.1, 0.15) is 56.8 Å². The van der Waals surface area contributed by atoms with E-state index in [0.29, 0.717) is 49.2 Å². The van der Waals surface area contributed by atoms with E-state index in [2.05, 4.69) is 13.8 Å². The van der Waals surface area contributed by atoms with Gasteiger partial charge >= 0.3 is 0 Å². The summed E-state index contributed by atoms with van der Waals surface area (Å²) < 4.78 is 11.5. The van der Waals surface area contributed by atoms with E-state index in [1.807, 2.05) is 45.0 Å². The van der Waals surface area contributed by atoms with Crippen molar-refractivity contribution in [3.63, 3.8) is 0 Å². The maximum atomic E-state index is 13.1. The number of likely N-dealkylation sites (tertiary alicyclic amines) is 1. The summed E-state index contributed by atoms with van der Waals surface area (Å²) in [6, 6.07) is 12.0. The number of carbonyl (C=O) groups excluding carboxylic acids is 2. The van der Waals surface area contributed by atoms with Gasteiger partial charge in [-0.25, -0.2) is 0 Å². The standard InChI is InChI=1S/C27H33NO5/c1-6-13-28-24(19-9-8-10-21(15-19)33-16-17(3)4)23(26(30)27(28)31)25(29)20-11-12-22(32-7-2)18(5)14-20/h8-12,14-15,17,24,29H,6-7,13,16H2,1-5H3/b25-23+. The molecular formula is C27H33NO5. The lowest BCUT2D eigenvalue weighted by Crippen LogP contribution is -2.30. The number of aliphatic hydroxyl groups excluding tert-OH is 1. The molecule has 6 heteroatoms. The van der Waals surface area contributed by atoms with Gasteiger partial charge in [0.25, 0.3) is 11.7 Å². The van der Waals surface area contributed by atoms with E-state index in [4.69, 9.17) is 9.47 Å². The van der Waals surface area contributed by atoms with Gasteiger partial charge in [-0.1, -0.05) is 32.9 Å². The first-order valence-electron chi connectivity index (χ1n) is 11.5. The molecule has 1 aliphatic heterocycles. The predicted molar refractivity (Wildman–Crippen MR) is 128 cm³/mol. The van der Waals surface area contributed by atoms with Gasteiger partial charge in [-0.2, -0.15) is 0 Å². The van der Waals surface area contributed by atoms with Gasteiger partial charge in [-0.05, 0) is 67.6 Å². The minimum Gasteiger partial charge on any atom is -0.507 e. The van der Waals surface area contributed by atoms with Gasteiger partial charge in [0.1, 0.15) is 17.3 Å². The second-order valence-corrected chi connectivity index (χ2v) is 8.68. The normalized spacial score (nSPS) is 17.6. The second-order valence-electron chi connectivity index (χ2n) is 8.68. The van der Waals surface area contributed by atoms with Crippen molar-refractivity contribution in [2.24, 2.45) is 5.92 Å². The van der Waals surface area contributed by atoms with Crippen LogP contribution in [0.15, 0.2) is 48.0 Å². The monoisotopic (exact) mass is 451 g/mol. The molecule has 176 valence electrons. The molecule has 0 aromatic heterocycles. The minimum absolute atomic E-state index is 0.0954. The third-order valence-electron chi connectivity index (χ3n) is 5.51. The molecule has 0 saturated carbocycles. The van der Waals surface area contributed by atoms with Crippen molar-refractivity contribution in [2.45, 2.75) is 47.1 Å². The molecule has 0 radical (unpaired) electrons. The Bertz CT molecular complexity index is 1060. The number of Topliss-reactive ketones (excluding diaryl/α,β-unsaturated/α-hetero) is 1. The van der Waals surface area contributed by atoms with E-state index < -0.39 is 17.7 Å². The fourth-order valence-corrected chi connectivity index (χ4v) is 4.01. The average molecular weight is 452 g/mol. The highest BCUT2D eigenvalue weighted by molar-refractivity contribution is 6.46. The van der Waals surface area contributed by atoms with Crippen LogP contribution in [0.4, 0.5) is 0 Å². The maximum absolute atomic E-state index is 13.1. The smallest absolute Gasteiger partial charge is 0.295 e. The molecule has 1 saturated heterocycles. The summed E-state index contributed by atoms with van der Waals surface area (Å²) in [7, 11) is 0. The van der Waals surface area contributed by atoms with Crippen LogP contribution in [0, 0.1) is 12.8 Å². The Morgan fingerprint density at radius 2 is 1.85 bits per heavy atom. The first kappa shape index (κ1) is 24.4. The molecule has 1 fully saturated rings. The molecule has 1 unspecified atom stereocenters. The van der Waals surface area contributed by atoms with Crippen molar-refractivity contribution in [3.8, 4) is 11.5 Å². The van der Waals surface area contributed by atoms with Crippen LogP contribution in [-0.4, -0.2) is 41.5 Å². The number of ketones is 1. The summed E-state index contributed by atoms with van der Waals surface area (Å²) >= 11 is 0. The number of hydrogen-bond donors (Lipinski definition) is 1. The molecule has 1 atom stereocenters. The summed E-state index contributed by atoms with van der Waals surface area (Å²) in [5, 5.41) is 11.2. The molecule has 1 amide bonds. The van der Waals surface area contributed by atoms with E-state index >= 15 is 0 Å². The van der Waals surface area contributed by atoms with Crippen molar-refractivity contribution in [2.75, 3.05) is 19.8 Å². The number of nitrogens with zero attached hydrogens (tertiary/aromatic N) is 1. The average Bonchev–Trinajstić information content (AvgIpc) is 3.04. The Hall–Kier alpha value is -3.28. The second kappa shape index (κ2) is 10.6. The van der Waals surface area contributed by atoms with E-state index in [0.717, 1.165) is 11.1 Å². The van der Waals surface area contributed by atoms with Gasteiger partial charge in [-0.3, -0.25) is 9.59 Å². The van der Waals surface area contributed by atoms with Gasteiger partial charge < -0.3 is 19.5 Å². The summed E-state index contributed by atoms with van der Waals surface area (Å²) in [6.45, 7) is 11.4. The van der Waals surface area contributed by atoms with Crippen LogP contribution in [0.3, 0.4) is 0 Å². The Labute approximate surface area is 195 Å². The lowest BCUT2D eigenvalue weighted by Gasteiger charge is -2.25. The van der Waals surface area contributed by atoms with Crippen molar-refractivity contribution in [1.29, 1.82) is 0 Å². The highest BCUT2D eigenvalue weighted by Gasteiger charge is 2.45. The van der Waals surface area contributed by atoms with Crippen LogP contribution in [-0.2, 0) is 9.59 Å². The van der Waals surface area contributed by atoms with Crippen LogP contribution in [0.5, 0.6) is 11.5 Å². The number of benzene rings is 2. The van der Waals surface area contributed by atoms with Crippen molar-refractivity contribution < 1.29 is 24.2 Å². The number of amides is 1. The number of hydrogen-bond acceptors (Lipinski definition) is 5. The van der Waals surface area contributed by atoms with E-state index in [1.165, 1.54) is 4.90 Å². The lowest BCUT2D eigenvalue weighted by molar-refractivity contribution is -0.139. The number of aryl methyl sites for hydroxylation is 1. The molecule has 1 heterocycles. The largest absolute Gasteiger partial charge is 0.507 e. The van der Waals surface area contributed by atoms with Crippen LogP contribution >= 0.6 is 0 Å². The lowest BCUT2D eigenvalue weighted by atomic mass is 9.94. The molecule has 33 heavy (non-hydrogen) atoms. The van der Waals surface area contributed by atoms with E-state index in [9.17, 15) is 14.7 Å². The summed E-state index contributed by atoms with van der Waals surface area (Å²) in [4.78, 5) is 27.5. The Balaban J connectivity index is 2.10. The molecule has 2 aromatic rings. The van der Waals surface area contributed by atoms with Gasteiger partial charge in [0.2, 0.25) is 0 Å². The highest BCUT2D eigenvalue weighted by Crippen LogP contribution is 2.40. The number of ether oxygens (including phenoxy) is 2. The Morgan fingerprint density at radius 3 is 2.48 bits per heavy atom. The molecule has 6 nitrogen and oxygen atoms in total. The third-order valence-corrected chi connectivity index (χ3v) is 5.51. The number of carbonyl (C=O) groups is 2. The maximum Gasteiger partial charge on any atom is 0.295 e. The van der Waals surface area contributed by atoms with Gasteiger partial charge in [0.15, 0.2) is 0 Å². The zero-order valence-electron chi connectivity index (χ0n) is 20.1. The zero-order valence-corrected chi connectivity index (χ0v) is 20.1. The molecule has 0 bridgehead atoms. The van der Waals surface area contributed by atoms with Crippen molar-refractivity contribution >= 4 is 17.4 Å².